The van der Waals surface area contributed by atoms with Crippen LogP contribution in [0.4, 0.5) is 11.4 Å². The molecular formula is C53H34N4O. The van der Waals surface area contributed by atoms with Crippen molar-refractivity contribution >= 4 is 49.7 Å². The lowest BCUT2D eigenvalue weighted by Gasteiger charge is -2.34. The topological polar surface area (TPSA) is 55.1 Å². The minimum atomic E-state index is 0.0299. The summed E-state index contributed by atoms with van der Waals surface area (Å²) in [4.78, 5) is 17.9. The van der Waals surface area contributed by atoms with Crippen LogP contribution in [0.15, 0.2) is 199 Å². The number of rotatable bonds is 5. The van der Waals surface area contributed by atoms with Gasteiger partial charge in [-0.05, 0) is 62.9 Å². The standard InChI is InChI=1S/C53H34N4O/c1-3-16-34(17-4-1)43-32-46-48(39-22-10-9-21-38(39)43)40-23-11-12-26-44(40)57(46)45-27-13-24-41-49-42(25-14-28-47(49)58-50(41)45)53-55-51(35-18-5-2-6-19-35)54-52(56-53)37-30-29-33-15-7-8-20-36(33)31-37/h1-32,46,48H. The molecule has 0 amide bonds. The van der Waals surface area contributed by atoms with Crippen molar-refractivity contribution in [3.63, 3.8) is 0 Å². The molecule has 2 aromatic heterocycles. The van der Waals surface area contributed by atoms with Gasteiger partial charge in [0.15, 0.2) is 23.1 Å². The molecule has 2 atom stereocenters. The van der Waals surface area contributed by atoms with E-state index >= 15 is 0 Å². The van der Waals surface area contributed by atoms with Gasteiger partial charge in [-0.25, -0.2) is 15.0 Å². The van der Waals surface area contributed by atoms with E-state index < -0.39 is 0 Å². The summed E-state index contributed by atoms with van der Waals surface area (Å²) < 4.78 is 6.98. The quantitative estimate of drug-likeness (QED) is 0.176. The highest BCUT2D eigenvalue weighted by Gasteiger charge is 2.43. The van der Waals surface area contributed by atoms with Crippen LogP contribution in [0.25, 0.3) is 72.4 Å². The highest BCUT2D eigenvalue weighted by Crippen LogP contribution is 2.55. The number of benzene rings is 8. The fraction of sp³-hybridized carbons (Fsp3) is 0.0377. The number of anilines is 2. The molecule has 58 heavy (non-hydrogen) atoms. The Kier molecular flexibility index (Phi) is 7.29. The molecule has 1 aliphatic heterocycles. The van der Waals surface area contributed by atoms with Gasteiger partial charge in [-0.1, -0.05) is 170 Å². The first-order valence-electron chi connectivity index (χ1n) is 19.8. The van der Waals surface area contributed by atoms with Gasteiger partial charge in [0.25, 0.3) is 0 Å². The highest BCUT2D eigenvalue weighted by molar-refractivity contribution is 6.15. The molecule has 2 unspecified atom stereocenters. The molecule has 0 radical (unpaired) electrons. The van der Waals surface area contributed by atoms with E-state index in [1.165, 1.54) is 38.9 Å². The summed E-state index contributed by atoms with van der Waals surface area (Å²) >= 11 is 0. The molecule has 0 saturated heterocycles. The molecule has 0 saturated carbocycles. The Hall–Kier alpha value is -7.63. The average Bonchev–Trinajstić information content (AvgIpc) is 3.85. The zero-order valence-corrected chi connectivity index (χ0v) is 31.3. The zero-order chi connectivity index (χ0) is 38.2. The van der Waals surface area contributed by atoms with Gasteiger partial charge in [0.1, 0.15) is 5.58 Å². The van der Waals surface area contributed by atoms with Crippen molar-refractivity contribution in [3.8, 4) is 34.2 Å². The van der Waals surface area contributed by atoms with Gasteiger partial charge in [-0.15, -0.1) is 0 Å². The third-order valence-electron chi connectivity index (χ3n) is 11.9. The molecule has 0 fully saturated rings. The first-order valence-corrected chi connectivity index (χ1v) is 19.8. The van der Waals surface area contributed by atoms with Crippen LogP contribution in [0.2, 0.25) is 0 Å². The monoisotopic (exact) mass is 742 g/mol. The molecule has 5 nitrogen and oxygen atoms in total. The summed E-state index contributed by atoms with van der Waals surface area (Å²) in [7, 11) is 0. The van der Waals surface area contributed by atoms with Gasteiger partial charge in [-0.2, -0.15) is 0 Å². The molecular weight excluding hydrogens is 709 g/mol. The maximum absolute atomic E-state index is 6.98. The van der Waals surface area contributed by atoms with Crippen LogP contribution < -0.4 is 4.90 Å². The molecule has 12 rings (SSSR count). The molecule has 0 N–H and O–H groups in total. The number of fused-ring (bicyclic) bond motifs is 9. The molecule has 8 aromatic carbocycles. The Morgan fingerprint density at radius 3 is 1.93 bits per heavy atom. The number of hydrogen-bond acceptors (Lipinski definition) is 5. The summed E-state index contributed by atoms with van der Waals surface area (Å²) in [6.07, 6.45) is 2.47. The van der Waals surface area contributed by atoms with Crippen LogP contribution in [-0.2, 0) is 0 Å². The van der Waals surface area contributed by atoms with Crippen molar-refractivity contribution in [3.05, 3.63) is 216 Å². The Labute approximate surface area is 335 Å². The minimum absolute atomic E-state index is 0.0299. The lowest BCUT2D eigenvalue weighted by molar-refractivity contribution is 0.662. The molecule has 1 aliphatic carbocycles. The third-order valence-corrected chi connectivity index (χ3v) is 11.9. The Morgan fingerprint density at radius 2 is 1.09 bits per heavy atom. The van der Waals surface area contributed by atoms with E-state index in [-0.39, 0.29) is 12.0 Å². The SMILES string of the molecule is C1=C(c2ccccc2)c2ccccc2C2c3ccccc3N(c3cccc4c3oc3cccc(-c5nc(-c6ccccc6)nc(-c6ccc7ccccc7c6)n5)c34)C12. The van der Waals surface area contributed by atoms with Gasteiger partial charge in [-0.3, -0.25) is 0 Å². The minimum Gasteiger partial charge on any atom is -0.454 e. The lowest BCUT2D eigenvalue weighted by atomic mass is 9.76. The van der Waals surface area contributed by atoms with Crippen LogP contribution in [0, 0.1) is 0 Å². The number of nitrogens with zero attached hydrogens (tertiary/aromatic N) is 4. The third kappa shape index (κ3) is 5.07. The fourth-order valence-corrected chi connectivity index (χ4v) is 9.30. The van der Waals surface area contributed by atoms with Crippen molar-refractivity contribution in [1.29, 1.82) is 0 Å². The molecule has 3 heterocycles. The Bertz CT molecular complexity index is 3260. The zero-order valence-electron chi connectivity index (χ0n) is 31.3. The van der Waals surface area contributed by atoms with Crippen molar-refractivity contribution in [2.45, 2.75) is 12.0 Å². The maximum atomic E-state index is 6.98. The summed E-state index contributed by atoms with van der Waals surface area (Å²) in [5.74, 6) is 2.00. The van der Waals surface area contributed by atoms with Crippen molar-refractivity contribution in [2.24, 2.45) is 0 Å². The lowest BCUT2D eigenvalue weighted by Crippen LogP contribution is -2.31. The summed E-state index contributed by atoms with van der Waals surface area (Å²) in [5, 5.41) is 4.30. The van der Waals surface area contributed by atoms with Crippen LogP contribution in [0.5, 0.6) is 0 Å². The van der Waals surface area contributed by atoms with Crippen LogP contribution in [0.1, 0.15) is 28.2 Å². The Morgan fingerprint density at radius 1 is 0.448 bits per heavy atom. The van der Waals surface area contributed by atoms with Gasteiger partial charge < -0.3 is 9.32 Å². The number of aromatic nitrogens is 3. The second-order valence-electron chi connectivity index (χ2n) is 15.1. The molecule has 0 bridgehead atoms. The first kappa shape index (κ1) is 32.6. The Balaban J connectivity index is 1.06. The highest BCUT2D eigenvalue weighted by atomic mass is 16.3. The van der Waals surface area contributed by atoms with E-state index in [1.54, 1.807) is 0 Å². The summed E-state index contributed by atoms with van der Waals surface area (Å²) in [6.45, 7) is 0. The van der Waals surface area contributed by atoms with E-state index in [2.05, 4.69) is 163 Å². The van der Waals surface area contributed by atoms with E-state index in [1.807, 2.05) is 36.4 Å². The van der Waals surface area contributed by atoms with Gasteiger partial charge in [0.05, 0.1) is 11.7 Å². The second-order valence-corrected chi connectivity index (χ2v) is 15.1. The van der Waals surface area contributed by atoms with E-state index in [9.17, 15) is 0 Å². The molecule has 0 spiro atoms. The predicted octanol–water partition coefficient (Wildman–Crippen LogP) is 13.0. The van der Waals surface area contributed by atoms with Gasteiger partial charge in [0.2, 0.25) is 0 Å². The smallest absolute Gasteiger partial charge is 0.164 e. The fourth-order valence-electron chi connectivity index (χ4n) is 9.30. The van der Waals surface area contributed by atoms with Crippen LogP contribution in [0.3, 0.4) is 0 Å². The molecule has 5 heteroatoms. The predicted molar refractivity (Wildman–Crippen MR) is 235 cm³/mol. The number of hydrogen-bond donors (Lipinski definition) is 0. The average molecular weight is 743 g/mol. The van der Waals surface area contributed by atoms with Crippen molar-refractivity contribution in [2.75, 3.05) is 4.90 Å². The normalized spacial score (nSPS) is 15.7. The van der Waals surface area contributed by atoms with Crippen LogP contribution >= 0.6 is 0 Å². The second kappa shape index (κ2) is 13.0. The largest absolute Gasteiger partial charge is 0.454 e. The number of para-hydroxylation sites is 2. The molecule has 2 aliphatic rings. The summed E-state index contributed by atoms with van der Waals surface area (Å²) in [6, 6.07) is 66.2. The van der Waals surface area contributed by atoms with E-state index in [0.717, 1.165) is 49.7 Å². The van der Waals surface area contributed by atoms with Crippen molar-refractivity contribution < 1.29 is 4.42 Å². The van der Waals surface area contributed by atoms with E-state index in [0.29, 0.717) is 17.5 Å². The maximum Gasteiger partial charge on any atom is 0.164 e. The van der Waals surface area contributed by atoms with E-state index in [4.69, 9.17) is 19.4 Å². The number of furan rings is 1. The first-order chi connectivity index (χ1) is 28.8. The molecule has 10 aromatic rings. The molecule has 272 valence electrons. The summed E-state index contributed by atoms with van der Waals surface area (Å²) in [5.41, 5.74) is 13.0. The van der Waals surface area contributed by atoms with Gasteiger partial charge >= 0.3 is 0 Å². The van der Waals surface area contributed by atoms with Crippen molar-refractivity contribution in [1.82, 2.24) is 15.0 Å². The van der Waals surface area contributed by atoms with Crippen LogP contribution in [-0.4, -0.2) is 21.0 Å². The van der Waals surface area contributed by atoms with Gasteiger partial charge in [0, 0.05) is 39.1 Å².